The number of aromatic nitrogens is 1. The number of rotatable bonds is 6. The quantitative estimate of drug-likeness (QED) is 0.766. The van der Waals surface area contributed by atoms with Crippen LogP contribution < -0.4 is 5.32 Å². The van der Waals surface area contributed by atoms with Gasteiger partial charge >= 0.3 is 5.97 Å². The number of ether oxygens (including phenoxy) is 1. The first-order chi connectivity index (χ1) is 8.00. The number of carbonyl (C=O) groups is 1. The van der Waals surface area contributed by atoms with Gasteiger partial charge in [-0.2, -0.15) is 0 Å². The van der Waals surface area contributed by atoms with Crippen molar-refractivity contribution >= 4 is 23.4 Å². The molecule has 1 heterocycles. The number of carboxylic acid groups (broad SMARTS) is 1. The zero-order chi connectivity index (χ0) is 12.8. The van der Waals surface area contributed by atoms with Gasteiger partial charge in [-0.05, 0) is 19.9 Å². The Morgan fingerprint density at radius 1 is 1.65 bits per heavy atom. The van der Waals surface area contributed by atoms with Crippen molar-refractivity contribution in [3.05, 3.63) is 22.8 Å². The largest absolute Gasteiger partial charge is 0.478 e. The summed E-state index contributed by atoms with van der Waals surface area (Å²) in [6.07, 6.45) is 1.49. The van der Waals surface area contributed by atoms with E-state index in [4.69, 9.17) is 21.4 Å². The SMILES string of the molecule is CC(C)OCCNc1cc(C(=O)O)c(Cl)cn1. The van der Waals surface area contributed by atoms with E-state index in [2.05, 4.69) is 10.3 Å². The van der Waals surface area contributed by atoms with E-state index < -0.39 is 5.97 Å². The van der Waals surface area contributed by atoms with Gasteiger partial charge in [0.2, 0.25) is 0 Å². The summed E-state index contributed by atoms with van der Waals surface area (Å²) < 4.78 is 5.33. The van der Waals surface area contributed by atoms with E-state index in [1.165, 1.54) is 12.3 Å². The summed E-state index contributed by atoms with van der Waals surface area (Å²) in [5.74, 6) is -0.599. The van der Waals surface area contributed by atoms with Gasteiger partial charge in [0.1, 0.15) is 5.82 Å². The summed E-state index contributed by atoms with van der Waals surface area (Å²) >= 11 is 5.70. The molecule has 0 amide bonds. The molecule has 0 aliphatic heterocycles. The smallest absolute Gasteiger partial charge is 0.337 e. The van der Waals surface area contributed by atoms with E-state index in [0.717, 1.165) is 0 Å². The molecule has 1 rings (SSSR count). The Hall–Kier alpha value is -1.33. The van der Waals surface area contributed by atoms with Crippen molar-refractivity contribution in [3.63, 3.8) is 0 Å². The molecule has 0 aliphatic rings. The Kier molecular flexibility index (Phi) is 5.18. The number of nitrogens with zero attached hydrogens (tertiary/aromatic N) is 1. The van der Waals surface area contributed by atoms with Crippen molar-refractivity contribution in [2.45, 2.75) is 20.0 Å². The molecule has 0 aliphatic carbocycles. The molecular formula is C11H15ClN2O3. The first kappa shape index (κ1) is 13.7. The third kappa shape index (κ3) is 4.58. The molecule has 6 heteroatoms. The van der Waals surface area contributed by atoms with Crippen LogP contribution in [0.4, 0.5) is 5.82 Å². The highest BCUT2D eigenvalue weighted by Gasteiger charge is 2.09. The molecule has 2 N–H and O–H groups in total. The van der Waals surface area contributed by atoms with Gasteiger partial charge in [-0.25, -0.2) is 9.78 Å². The molecule has 1 aromatic rings. The lowest BCUT2D eigenvalue weighted by molar-refractivity contribution is 0.0697. The Balaban J connectivity index is 2.54. The number of nitrogens with one attached hydrogen (secondary N) is 1. The van der Waals surface area contributed by atoms with Crippen LogP contribution in [0.3, 0.4) is 0 Å². The first-order valence-electron chi connectivity index (χ1n) is 5.25. The highest BCUT2D eigenvalue weighted by atomic mass is 35.5. The molecule has 0 bridgehead atoms. The summed E-state index contributed by atoms with van der Waals surface area (Å²) in [4.78, 5) is 14.8. The third-order valence-electron chi connectivity index (χ3n) is 1.95. The van der Waals surface area contributed by atoms with Gasteiger partial charge in [-0.3, -0.25) is 0 Å². The Morgan fingerprint density at radius 3 is 2.94 bits per heavy atom. The van der Waals surface area contributed by atoms with Crippen molar-refractivity contribution in [2.24, 2.45) is 0 Å². The zero-order valence-electron chi connectivity index (χ0n) is 9.74. The van der Waals surface area contributed by atoms with Crippen molar-refractivity contribution in [2.75, 3.05) is 18.5 Å². The van der Waals surface area contributed by atoms with Gasteiger partial charge in [-0.1, -0.05) is 11.6 Å². The standard InChI is InChI=1S/C11H15ClN2O3/c1-7(2)17-4-3-13-10-5-8(11(15)16)9(12)6-14-10/h5-7H,3-4H2,1-2H3,(H,13,14)(H,15,16). The maximum Gasteiger partial charge on any atom is 0.337 e. The number of aromatic carboxylic acids is 1. The van der Waals surface area contributed by atoms with Gasteiger partial charge in [-0.15, -0.1) is 0 Å². The lowest BCUT2D eigenvalue weighted by Crippen LogP contribution is -2.14. The average Bonchev–Trinajstić information content (AvgIpc) is 2.25. The molecule has 0 atom stereocenters. The van der Waals surface area contributed by atoms with Crippen LogP contribution in [0.1, 0.15) is 24.2 Å². The predicted molar refractivity (Wildman–Crippen MR) is 65.8 cm³/mol. The van der Waals surface area contributed by atoms with Crippen LogP contribution in [0.2, 0.25) is 5.02 Å². The van der Waals surface area contributed by atoms with E-state index in [9.17, 15) is 4.79 Å². The van der Waals surface area contributed by atoms with E-state index >= 15 is 0 Å². The molecule has 0 fully saturated rings. The molecule has 0 aromatic carbocycles. The van der Waals surface area contributed by atoms with E-state index in [0.29, 0.717) is 19.0 Å². The second kappa shape index (κ2) is 6.42. The fourth-order valence-corrected chi connectivity index (χ4v) is 1.36. The van der Waals surface area contributed by atoms with Crippen LogP contribution in [0, 0.1) is 0 Å². The van der Waals surface area contributed by atoms with Crippen molar-refractivity contribution in [1.29, 1.82) is 0 Å². The number of carboxylic acids is 1. The van der Waals surface area contributed by atoms with Crippen LogP contribution in [0.25, 0.3) is 0 Å². The van der Waals surface area contributed by atoms with E-state index in [-0.39, 0.29) is 16.7 Å². The summed E-state index contributed by atoms with van der Waals surface area (Å²) in [5.41, 5.74) is 0.0361. The number of pyridine rings is 1. The second-order valence-electron chi connectivity index (χ2n) is 3.70. The molecule has 0 saturated carbocycles. The maximum absolute atomic E-state index is 10.8. The Labute approximate surface area is 105 Å². The van der Waals surface area contributed by atoms with Gasteiger partial charge in [0.25, 0.3) is 0 Å². The molecule has 5 nitrogen and oxygen atoms in total. The molecule has 94 valence electrons. The molecule has 0 unspecified atom stereocenters. The minimum absolute atomic E-state index is 0.0361. The fraction of sp³-hybridized carbons (Fsp3) is 0.455. The highest BCUT2D eigenvalue weighted by molar-refractivity contribution is 6.33. The Morgan fingerprint density at radius 2 is 2.35 bits per heavy atom. The second-order valence-corrected chi connectivity index (χ2v) is 4.11. The topological polar surface area (TPSA) is 71.5 Å². The van der Waals surface area contributed by atoms with Crippen LogP contribution >= 0.6 is 11.6 Å². The number of halogens is 1. The van der Waals surface area contributed by atoms with Gasteiger partial charge in [0.15, 0.2) is 0 Å². The summed E-state index contributed by atoms with van der Waals surface area (Å²) in [6.45, 7) is 4.99. The third-order valence-corrected chi connectivity index (χ3v) is 2.25. The number of hydrogen-bond acceptors (Lipinski definition) is 4. The van der Waals surface area contributed by atoms with Crippen LogP contribution in [-0.2, 0) is 4.74 Å². The van der Waals surface area contributed by atoms with Crippen LogP contribution in [0.5, 0.6) is 0 Å². The molecule has 17 heavy (non-hydrogen) atoms. The van der Waals surface area contributed by atoms with Gasteiger partial charge < -0.3 is 15.2 Å². The lowest BCUT2D eigenvalue weighted by Gasteiger charge is -2.09. The van der Waals surface area contributed by atoms with Gasteiger partial charge in [0.05, 0.1) is 23.3 Å². The van der Waals surface area contributed by atoms with Crippen LogP contribution in [-0.4, -0.2) is 35.3 Å². The normalized spacial score (nSPS) is 10.6. The fourth-order valence-electron chi connectivity index (χ4n) is 1.17. The maximum atomic E-state index is 10.8. The zero-order valence-corrected chi connectivity index (χ0v) is 10.5. The van der Waals surface area contributed by atoms with Crippen molar-refractivity contribution in [1.82, 2.24) is 4.98 Å². The average molecular weight is 259 g/mol. The molecule has 0 radical (unpaired) electrons. The first-order valence-corrected chi connectivity index (χ1v) is 5.63. The summed E-state index contributed by atoms with van der Waals surface area (Å²) in [5, 5.41) is 12.0. The van der Waals surface area contributed by atoms with E-state index in [1.807, 2.05) is 13.8 Å². The minimum atomic E-state index is -1.07. The number of hydrogen-bond donors (Lipinski definition) is 2. The highest BCUT2D eigenvalue weighted by Crippen LogP contribution is 2.17. The predicted octanol–water partition coefficient (Wildman–Crippen LogP) is 2.27. The molecule has 1 aromatic heterocycles. The summed E-state index contributed by atoms with van der Waals surface area (Å²) in [6, 6.07) is 1.40. The Bertz CT molecular complexity index is 396. The monoisotopic (exact) mass is 258 g/mol. The summed E-state index contributed by atoms with van der Waals surface area (Å²) in [7, 11) is 0. The van der Waals surface area contributed by atoms with Crippen molar-refractivity contribution in [3.8, 4) is 0 Å². The van der Waals surface area contributed by atoms with E-state index in [1.54, 1.807) is 0 Å². The minimum Gasteiger partial charge on any atom is -0.478 e. The van der Waals surface area contributed by atoms with Gasteiger partial charge in [0, 0.05) is 12.7 Å². The lowest BCUT2D eigenvalue weighted by atomic mass is 10.2. The molecular weight excluding hydrogens is 244 g/mol. The molecule has 0 saturated heterocycles. The van der Waals surface area contributed by atoms with Crippen molar-refractivity contribution < 1.29 is 14.6 Å². The number of anilines is 1. The molecule has 0 spiro atoms. The van der Waals surface area contributed by atoms with Crippen LogP contribution in [0.15, 0.2) is 12.3 Å².